The molecule has 1 unspecified atom stereocenters. The zero-order valence-corrected chi connectivity index (χ0v) is 10.9. The molecule has 0 bridgehead atoms. The van der Waals surface area contributed by atoms with Crippen LogP contribution in [-0.2, 0) is 0 Å². The highest BCUT2D eigenvalue weighted by Crippen LogP contribution is 2.15. The number of carbonyl (C=O) groups is 1. The maximum Gasteiger partial charge on any atom is 0.254 e. The zero-order valence-electron chi connectivity index (χ0n) is 10.2. The number of hydrogen-bond acceptors (Lipinski definition) is 3. The summed E-state index contributed by atoms with van der Waals surface area (Å²) < 4.78 is 0. The summed E-state index contributed by atoms with van der Waals surface area (Å²) in [4.78, 5) is 15.7. The van der Waals surface area contributed by atoms with Gasteiger partial charge in [-0.15, -0.1) is 0 Å². The predicted octanol–water partition coefficient (Wildman–Crippen LogP) is 2.63. The lowest BCUT2D eigenvalue weighted by molar-refractivity contribution is 0.0938. The Bertz CT molecular complexity index is 395. The van der Waals surface area contributed by atoms with Gasteiger partial charge in [0, 0.05) is 6.04 Å². The van der Waals surface area contributed by atoms with Crippen molar-refractivity contribution in [2.45, 2.75) is 39.2 Å². The summed E-state index contributed by atoms with van der Waals surface area (Å²) in [5.74, 6) is -0.224. The molecule has 5 heteroatoms. The normalized spacial score (nSPS) is 12.2. The molecule has 1 atom stereocenters. The average Bonchev–Trinajstić information content (AvgIpc) is 2.29. The van der Waals surface area contributed by atoms with Gasteiger partial charge in [0.05, 0.1) is 17.4 Å². The standard InChI is InChI=1S/C12H18ClN3O/c1-3-4-5-8(2)16-12(17)10-6-9(14)7-15-11(10)13/h6-8H,3-5,14H2,1-2H3,(H,16,17). The second-order valence-corrected chi connectivity index (χ2v) is 4.48. The van der Waals surface area contributed by atoms with E-state index in [-0.39, 0.29) is 17.1 Å². The van der Waals surface area contributed by atoms with E-state index in [1.807, 2.05) is 6.92 Å². The van der Waals surface area contributed by atoms with E-state index in [0.717, 1.165) is 19.3 Å². The van der Waals surface area contributed by atoms with E-state index < -0.39 is 0 Å². The van der Waals surface area contributed by atoms with E-state index in [9.17, 15) is 4.79 Å². The maximum absolute atomic E-state index is 11.9. The monoisotopic (exact) mass is 255 g/mol. The van der Waals surface area contributed by atoms with Crippen molar-refractivity contribution in [3.05, 3.63) is 23.0 Å². The Labute approximate surface area is 107 Å². The van der Waals surface area contributed by atoms with Crippen LogP contribution in [-0.4, -0.2) is 16.9 Å². The average molecular weight is 256 g/mol. The minimum absolute atomic E-state index is 0.125. The first-order chi connectivity index (χ1) is 8.04. The lowest BCUT2D eigenvalue weighted by Gasteiger charge is -2.13. The topological polar surface area (TPSA) is 68.0 Å². The number of halogens is 1. The van der Waals surface area contributed by atoms with E-state index in [1.54, 1.807) is 0 Å². The molecule has 0 fully saturated rings. The number of aromatic nitrogens is 1. The molecule has 1 aromatic rings. The van der Waals surface area contributed by atoms with Crippen LogP contribution in [0.2, 0.25) is 5.15 Å². The summed E-state index contributed by atoms with van der Waals surface area (Å²) in [6, 6.07) is 1.66. The third kappa shape index (κ3) is 4.23. The number of rotatable bonds is 5. The number of nitrogen functional groups attached to an aromatic ring is 1. The van der Waals surface area contributed by atoms with Crippen LogP contribution in [0.4, 0.5) is 5.69 Å². The first-order valence-electron chi connectivity index (χ1n) is 5.76. The Morgan fingerprint density at radius 2 is 2.35 bits per heavy atom. The van der Waals surface area contributed by atoms with Gasteiger partial charge in [0.2, 0.25) is 0 Å². The largest absolute Gasteiger partial charge is 0.397 e. The fourth-order valence-corrected chi connectivity index (χ4v) is 1.70. The van der Waals surface area contributed by atoms with Crippen molar-refractivity contribution in [1.82, 2.24) is 10.3 Å². The van der Waals surface area contributed by atoms with Gasteiger partial charge >= 0.3 is 0 Å². The number of pyridine rings is 1. The molecule has 0 aliphatic heterocycles. The SMILES string of the molecule is CCCCC(C)NC(=O)c1cc(N)cnc1Cl. The molecule has 0 aliphatic rings. The molecule has 0 saturated carbocycles. The van der Waals surface area contributed by atoms with Crippen molar-refractivity contribution in [2.24, 2.45) is 0 Å². The molecule has 0 saturated heterocycles. The summed E-state index contributed by atoms with van der Waals surface area (Å²) in [5.41, 5.74) is 6.34. The van der Waals surface area contributed by atoms with E-state index in [0.29, 0.717) is 11.3 Å². The summed E-state index contributed by atoms with van der Waals surface area (Å²) in [6.45, 7) is 4.09. The van der Waals surface area contributed by atoms with Crippen LogP contribution in [0.15, 0.2) is 12.3 Å². The first-order valence-corrected chi connectivity index (χ1v) is 6.14. The Balaban J connectivity index is 2.66. The zero-order chi connectivity index (χ0) is 12.8. The van der Waals surface area contributed by atoms with E-state index in [4.69, 9.17) is 17.3 Å². The smallest absolute Gasteiger partial charge is 0.254 e. The van der Waals surface area contributed by atoms with Crippen LogP contribution in [0, 0.1) is 0 Å². The fraction of sp³-hybridized carbons (Fsp3) is 0.500. The van der Waals surface area contributed by atoms with Crippen LogP contribution in [0.25, 0.3) is 0 Å². The molecule has 3 N–H and O–H groups in total. The molecular weight excluding hydrogens is 238 g/mol. The molecule has 0 radical (unpaired) electrons. The van der Waals surface area contributed by atoms with Gasteiger partial charge in [-0.05, 0) is 19.4 Å². The Kier molecular flexibility index (Phi) is 5.22. The molecule has 1 heterocycles. The minimum Gasteiger partial charge on any atom is -0.397 e. The quantitative estimate of drug-likeness (QED) is 0.795. The van der Waals surface area contributed by atoms with Gasteiger partial charge in [0.25, 0.3) is 5.91 Å². The molecule has 1 rings (SSSR count). The number of nitrogens with two attached hydrogens (primary N) is 1. The number of hydrogen-bond donors (Lipinski definition) is 2. The Hall–Kier alpha value is -1.29. The molecule has 4 nitrogen and oxygen atoms in total. The van der Waals surface area contributed by atoms with Crippen molar-refractivity contribution < 1.29 is 4.79 Å². The van der Waals surface area contributed by atoms with Gasteiger partial charge in [0.1, 0.15) is 5.15 Å². The van der Waals surface area contributed by atoms with Gasteiger partial charge in [-0.1, -0.05) is 31.4 Å². The van der Waals surface area contributed by atoms with Crippen molar-refractivity contribution >= 4 is 23.2 Å². The maximum atomic E-state index is 11.9. The van der Waals surface area contributed by atoms with E-state index in [2.05, 4.69) is 17.2 Å². The third-order valence-electron chi connectivity index (χ3n) is 2.47. The van der Waals surface area contributed by atoms with Gasteiger partial charge in [-0.2, -0.15) is 0 Å². The highest BCUT2D eigenvalue weighted by Gasteiger charge is 2.14. The minimum atomic E-state index is -0.224. The number of amides is 1. The highest BCUT2D eigenvalue weighted by molar-refractivity contribution is 6.32. The molecular formula is C12H18ClN3O. The molecule has 1 aromatic heterocycles. The van der Waals surface area contributed by atoms with Crippen LogP contribution in [0.3, 0.4) is 0 Å². The second kappa shape index (κ2) is 6.45. The lowest BCUT2D eigenvalue weighted by atomic mass is 10.1. The van der Waals surface area contributed by atoms with Gasteiger partial charge < -0.3 is 11.1 Å². The number of carbonyl (C=O) groups excluding carboxylic acids is 1. The molecule has 94 valence electrons. The Morgan fingerprint density at radius 3 is 3.00 bits per heavy atom. The highest BCUT2D eigenvalue weighted by atomic mass is 35.5. The van der Waals surface area contributed by atoms with Crippen molar-refractivity contribution in [3.63, 3.8) is 0 Å². The van der Waals surface area contributed by atoms with Crippen molar-refractivity contribution in [2.75, 3.05) is 5.73 Å². The number of nitrogens with one attached hydrogen (secondary N) is 1. The van der Waals surface area contributed by atoms with Crippen molar-refractivity contribution in [3.8, 4) is 0 Å². The summed E-state index contributed by atoms with van der Waals surface area (Å²) in [7, 11) is 0. The third-order valence-corrected chi connectivity index (χ3v) is 2.77. The van der Waals surface area contributed by atoms with Crippen LogP contribution < -0.4 is 11.1 Å². The number of unbranched alkanes of at least 4 members (excludes halogenated alkanes) is 1. The van der Waals surface area contributed by atoms with Gasteiger partial charge in [-0.25, -0.2) is 4.98 Å². The van der Waals surface area contributed by atoms with Crippen molar-refractivity contribution in [1.29, 1.82) is 0 Å². The molecule has 0 aromatic carbocycles. The lowest BCUT2D eigenvalue weighted by Crippen LogP contribution is -2.32. The summed E-state index contributed by atoms with van der Waals surface area (Å²) in [5, 5.41) is 3.06. The number of anilines is 1. The Morgan fingerprint density at radius 1 is 1.65 bits per heavy atom. The second-order valence-electron chi connectivity index (χ2n) is 4.12. The first kappa shape index (κ1) is 13.8. The van der Waals surface area contributed by atoms with Crippen LogP contribution >= 0.6 is 11.6 Å². The molecule has 17 heavy (non-hydrogen) atoms. The van der Waals surface area contributed by atoms with E-state index >= 15 is 0 Å². The van der Waals surface area contributed by atoms with E-state index in [1.165, 1.54) is 12.3 Å². The van der Waals surface area contributed by atoms with Crippen LogP contribution in [0.1, 0.15) is 43.5 Å². The summed E-state index contributed by atoms with van der Waals surface area (Å²) in [6.07, 6.45) is 4.58. The van der Waals surface area contributed by atoms with Crippen LogP contribution in [0.5, 0.6) is 0 Å². The molecule has 0 spiro atoms. The fourth-order valence-electron chi connectivity index (χ4n) is 1.51. The van der Waals surface area contributed by atoms with Gasteiger partial charge in [0.15, 0.2) is 0 Å². The predicted molar refractivity (Wildman–Crippen MR) is 70.1 cm³/mol. The summed E-state index contributed by atoms with van der Waals surface area (Å²) >= 11 is 5.85. The van der Waals surface area contributed by atoms with Gasteiger partial charge in [-0.3, -0.25) is 4.79 Å². The number of nitrogens with zero attached hydrogens (tertiary/aromatic N) is 1. The molecule has 1 amide bonds. The molecule has 0 aliphatic carbocycles.